The number of carboxylic acid groups (broad SMARTS) is 1. The van der Waals surface area contributed by atoms with Crippen molar-refractivity contribution in [3.8, 4) is 0 Å². The van der Waals surface area contributed by atoms with E-state index in [4.69, 9.17) is 16.7 Å². The summed E-state index contributed by atoms with van der Waals surface area (Å²) >= 11 is 9.01. The lowest BCUT2D eigenvalue weighted by atomic mass is 9.94. The first-order valence-corrected chi connectivity index (χ1v) is 9.21. The number of rotatable bonds is 6. The maximum Gasteiger partial charge on any atom is 0.303 e. The first-order valence-electron chi connectivity index (χ1n) is 6.86. The number of thiophene rings is 1. The zero-order valence-corrected chi connectivity index (χ0v) is 14.0. The van der Waals surface area contributed by atoms with E-state index >= 15 is 0 Å². The first-order chi connectivity index (χ1) is 10.0. The van der Waals surface area contributed by atoms with Crippen molar-refractivity contribution in [1.82, 2.24) is 4.90 Å². The van der Waals surface area contributed by atoms with Crippen LogP contribution in [0, 0.1) is 5.92 Å². The molecule has 1 fully saturated rings. The number of aliphatic carboxylic acids is 1. The van der Waals surface area contributed by atoms with Crippen LogP contribution < -0.4 is 0 Å². The summed E-state index contributed by atoms with van der Waals surface area (Å²) in [5.74, 6) is 0.895. The second kappa shape index (κ2) is 8.06. The van der Waals surface area contributed by atoms with Crippen molar-refractivity contribution in [1.29, 1.82) is 0 Å². The quantitative estimate of drug-likeness (QED) is 0.857. The predicted molar refractivity (Wildman–Crippen MR) is 87.0 cm³/mol. The van der Waals surface area contributed by atoms with Gasteiger partial charge in [0, 0.05) is 30.1 Å². The number of carboxylic acids is 1. The van der Waals surface area contributed by atoms with Crippen LogP contribution in [0.15, 0.2) is 12.1 Å². The second-order valence-corrected chi connectivity index (χ2v) is 7.91. The Morgan fingerprint density at radius 1 is 1.38 bits per heavy atom. The number of thioether (sulfide) groups is 1. The topological polar surface area (TPSA) is 57.6 Å². The molecule has 21 heavy (non-hydrogen) atoms. The van der Waals surface area contributed by atoms with E-state index in [1.165, 1.54) is 4.88 Å². The Morgan fingerprint density at radius 3 is 2.67 bits per heavy atom. The molecule has 116 valence electrons. The molecule has 0 atom stereocenters. The Balaban J connectivity index is 1.66. The van der Waals surface area contributed by atoms with Crippen LogP contribution in [0.1, 0.15) is 24.1 Å². The van der Waals surface area contributed by atoms with Crippen LogP contribution in [0.25, 0.3) is 0 Å². The van der Waals surface area contributed by atoms with E-state index in [-0.39, 0.29) is 18.2 Å². The van der Waals surface area contributed by atoms with Gasteiger partial charge in [-0.15, -0.1) is 23.1 Å². The standard InChI is InChI=1S/C14H18ClNO3S2/c15-12-2-1-11(21-12)8-20-9-13(17)16-5-3-10(4-6-16)7-14(18)19/h1-2,10H,3-9H2,(H,18,19). The van der Waals surface area contributed by atoms with E-state index in [9.17, 15) is 9.59 Å². The van der Waals surface area contributed by atoms with Crippen LogP contribution >= 0.6 is 34.7 Å². The summed E-state index contributed by atoms with van der Waals surface area (Å²) in [6, 6.07) is 3.86. The Hall–Kier alpha value is -0.720. The molecule has 1 aliphatic rings. The number of piperidine rings is 1. The number of hydrogen-bond acceptors (Lipinski definition) is 4. The van der Waals surface area contributed by atoms with E-state index in [1.54, 1.807) is 23.1 Å². The number of carbonyl (C=O) groups is 2. The minimum absolute atomic E-state index is 0.149. The molecule has 0 spiro atoms. The number of hydrogen-bond donors (Lipinski definition) is 1. The van der Waals surface area contributed by atoms with Crippen molar-refractivity contribution in [2.75, 3.05) is 18.8 Å². The van der Waals surface area contributed by atoms with Crippen LogP contribution in [0.3, 0.4) is 0 Å². The van der Waals surface area contributed by atoms with Gasteiger partial charge in [0.15, 0.2) is 0 Å². The van der Waals surface area contributed by atoms with E-state index in [1.807, 2.05) is 17.0 Å². The maximum absolute atomic E-state index is 12.1. The predicted octanol–water partition coefficient (Wildman–Crippen LogP) is 3.35. The fourth-order valence-corrected chi connectivity index (χ4v) is 4.52. The maximum atomic E-state index is 12.1. The summed E-state index contributed by atoms with van der Waals surface area (Å²) in [6.07, 6.45) is 1.81. The molecule has 0 saturated carbocycles. The van der Waals surface area contributed by atoms with Gasteiger partial charge in [0.25, 0.3) is 0 Å². The lowest BCUT2D eigenvalue weighted by Gasteiger charge is -2.31. The van der Waals surface area contributed by atoms with Gasteiger partial charge in [0.05, 0.1) is 10.1 Å². The molecule has 0 radical (unpaired) electrons. The average molecular weight is 348 g/mol. The highest BCUT2D eigenvalue weighted by molar-refractivity contribution is 7.99. The van der Waals surface area contributed by atoms with Crippen molar-refractivity contribution in [2.45, 2.75) is 25.0 Å². The molecule has 0 unspecified atom stereocenters. The zero-order valence-electron chi connectivity index (χ0n) is 11.6. The Labute approximate surface area is 137 Å². The van der Waals surface area contributed by atoms with Gasteiger partial charge >= 0.3 is 5.97 Å². The van der Waals surface area contributed by atoms with Crippen LogP contribution in [0.2, 0.25) is 4.34 Å². The Kier molecular flexibility index (Phi) is 6.39. The number of carbonyl (C=O) groups excluding carboxylic acids is 1. The summed E-state index contributed by atoms with van der Waals surface area (Å²) < 4.78 is 0.775. The smallest absolute Gasteiger partial charge is 0.303 e. The monoisotopic (exact) mass is 347 g/mol. The number of likely N-dealkylation sites (tertiary alicyclic amines) is 1. The van der Waals surface area contributed by atoms with Crippen molar-refractivity contribution in [3.05, 3.63) is 21.3 Å². The minimum atomic E-state index is -0.745. The third-order valence-corrected chi connectivity index (χ3v) is 5.91. The molecular weight excluding hydrogens is 330 g/mol. The van der Waals surface area contributed by atoms with Crippen molar-refractivity contribution < 1.29 is 14.7 Å². The van der Waals surface area contributed by atoms with E-state index < -0.39 is 5.97 Å². The van der Waals surface area contributed by atoms with Gasteiger partial charge in [-0.25, -0.2) is 0 Å². The van der Waals surface area contributed by atoms with Gasteiger partial charge in [0.2, 0.25) is 5.91 Å². The molecule has 1 N–H and O–H groups in total. The lowest BCUT2D eigenvalue weighted by Crippen LogP contribution is -2.39. The van der Waals surface area contributed by atoms with E-state index in [2.05, 4.69) is 0 Å². The number of amides is 1. The zero-order chi connectivity index (χ0) is 15.2. The summed E-state index contributed by atoms with van der Waals surface area (Å²) in [6.45, 7) is 1.37. The molecule has 2 rings (SSSR count). The van der Waals surface area contributed by atoms with Gasteiger partial charge in [-0.3, -0.25) is 9.59 Å². The van der Waals surface area contributed by atoms with Crippen LogP contribution in [-0.4, -0.2) is 40.7 Å². The van der Waals surface area contributed by atoms with Crippen molar-refractivity contribution >= 4 is 46.6 Å². The Bertz CT molecular complexity index is 498. The van der Waals surface area contributed by atoms with E-state index in [0.29, 0.717) is 18.8 Å². The highest BCUT2D eigenvalue weighted by Gasteiger charge is 2.24. The van der Waals surface area contributed by atoms with Crippen molar-refractivity contribution in [2.24, 2.45) is 5.92 Å². The highest BCUT2D eigenvalue weighted by atomic mass is 35.5. The summed E-state index contributed by atoms with van der Waals surface area (Å²) in [5.41, 5.74) is 0. The van der Waals surface area contributed by atoms with Gasteiger partial charge in [0.1, 0.15) is 0 Å². The SMILES string of the molecule is O=C(O)CC1CCN(C(=O)CSCc2ccc(Cl)s2)CC1. The molecule has 0 aromatic carbocycles. The molecule has 0 aliphatic carbocycles. The molecule has 1 aromatic heterocycles. The van der Waals surface area contributed by atoms with Gasteiger partial charge in [-0.2, -0.15) is 0 Å². The molecule has 7 heteroatoms. The fourth-order valence-electron chi connectivity index (χ4n) is 2.39. The van der Waals surface area contributed by atoms with Crippen LogP contribution in [-0.2, 0) is 15.3 Å². The lowest BCUT2D eigenvalue weighted by molar-refractivity contribution is -0.138. The molecular formula is C14H18ClNO3S2. The van der Waals surface area contributed by atoms with Gasteiger partial charge in [-0.05, 0) is 30.9 Å². The molecule has 1 aromatic rings. The average Bonchev–Trinajstić information content (AvgIpc) is 2.84. The van der Waals surface area contributed by atoms with E-state index in [0.717, 1.165) is 22.9 Å². The summed E-state index contributed by atoms with van der Waals surface area (Å²) in [7, 11) is 0. The molecule has 0 bridgehead atoms. The second-order valence-electron chi connectivity index (χ2n) is 5.12. The number of nitrogens with zero attached hydrogens (tertiary/aromatic N) is 1. The molecule has 2 heterocycles. The fraction of sp³-hybridized carbons (Fsp3) is 0.571. The molecule has 1 saturated heterocycles. The molecule has 1 amide bonds. The summed E-state index contributed by atoms with van der Waals surface area (Å²) in [5, 5.41) is 8.77. The molecule has 4 nitrogen and oxygen atoms in total. The summed E-state index contributed by atoms with van der Waals surface area (Å²) in [4.78, 5) is 25.8. The third kappa shape index (κ3) is 5.52. The first kappa shape index (κ1) is 16.6. The third-order valence-electron chi connectivity index (χ3n) is 3.53. The minimum Gasteiger partial charge on any atom is -0.481 e. The van der Waals surface area contributed by atoms with Gasteiger partial charge in [-0.1, -0.05) is 11.6 Å². The largest absolute Gasteiger partial charge is 0.481 e. The van der Waals surface area contributed by atoms with Gasteiger partial charge < -0.3 is 10.0 Å². The van der Waals surface area contributed by atoms with Crippen LogP contribution in [0.5, 0.6) is 0 Å². The Morgan fingerprint density at radius 2 is 2.10 bits per heavy atom. The molecule has 1 aliphatic heterocycles. The normalized spacial score (nSPS) is 16.1. The number of halogens is 1. The highest BCUT2D eigenvalue weighted by Crippen LogP contribution is 2.26. The van der Waals surface area contributed by atoms with Crippen molar-refractivity contribution in [3.63, 3.8) is 0 Å². The van der Waals surface area contributed by atoms with Crippen LogP contribution in [0.4, 0.5) is 0 Å².